The number of rotatable bonds is 5. The topological polar surface area (TPSA) is 36.4 Å². The van der Waals surface area contributed by atoms with Gasteiger partial charge in [-0.1, -0.05) is 13.8 Å². The zero-order valence-corrected chi connectivity index (χ0v) is 13.5. The molecule has 1 saturated heterocycles. The molecule has 116 valence electrons. The van der Waals surface area contributed by atoms with E-state index < -0.39 is 0 Å². The van der Waals surface area contributed by atoms with Gasteiger partial charge in [0.2, 0.25) is 0 Å². The van der Waals surface area contributed by atoms with Gasteiger partial charge in [-0.2, -0.15) is 0 Å². The normalized spacial score (nSPS) is 15.3. The zero-order valence-electron chi connectivity index (χ0n) is 13.5. The molecular weight excluding hydrogens is 262 g/mol. The Morgan fingerprint density at radius 2 is 2.05 bits per heavy atom. The van der Waals surface area contributed by atoms with E-state index in [1.165, 1.54) is 6.42 Å². The Morgan fingerprint density at radius 3 is 2.71 bits per heavy atom. The molecule has 2 heterocycles. The molecule has 21 heavy (non-hydrogen) atoms. The minimum atomic E-state index is 0.134. The molecule has 0 spiro atoms. The molecule has 0 N–H and O–H groups in total. The van der Waals surface area contributed by atoms with Crippen molar-refractivity contribution in [3.05, 3.63) is 23.9 Å². The molecule has 0 aliphatic carbocycles. The van der Waals surface area contributed by atoms with E-state index in [-0.39, 0.29) is 5.91 Å². The van der Waals surface area contributed by atoms with Gasteiger partial charge < -0.3 is 9.80 Å². The molecule has 0 saturated carbocycles. The molecule has 0 bridgehead atoms. The van der Waals surface area contributed by atoms with Crippen LogP contribution < -0.4 is 4.90 Å². The molecule has 1 aromatic heterocycles. The second-order valence-electron chi connectivity index (χ2n) is 6.33. The molecule has 1 aliphatic rings. The number of hydrogen-bond donors (Lipinski definition) is 0. The summed E-state index contributed by atoms with van der Waals surface area (Å²) in [6, 6.07) is 3.77. The summed E-state index contributed by atoms with van der Waals surface area (Å²) >= 11 is 0. The van der Waals surface area contributed by atoms with Crippen molar-refractivity contribution in [2.45, 2.75) is 39.5 Å². The van der Waals surface area contributed by atoms with E-state index in [0.717, 1.165) is 50.3 Å². The van der Waals surface area contributed by atoms with Crippen LogP contribution in [-0.2, 0) is 0 Å². The molecule has 0 radical (unpaired) electrons. The van der Waals surface area contributed by atoms with E-state index in [9.17, 15) is 4.79 Å². The third-order valence-corrected chi connectivity index (χ3v) is 4.06. The Morgan fingerprint density at radius 1 is 1.33 bits per heavy atom. The molecular formula is C17H27N3O. The first-order valence-corrected chi connectivity index (χ1v) is 8.05. The van der Waals surface area contributed by atoms with Crippen LogP contribution in [0.1, 0.15) is 49.9 Å². The summed E-state index contributed by atoms with van der Waals surface area (Å²) in [7, 11) is 2.03. The van der Waals surface area contributed by atoms with Crippen LogP contribution in [0.4, 0.5) is 5.82 Å². The Bertz CT molecular complexity index is 467. The Kier molecular flexibility index (Phi) is 5.59. The third kappa shape index (κ3) is 4.19. The quantitative estimate of drug-likeness (QED) is 0.835. The first-order valence-electron chi connectivity index (χ1n) is 8.05. The Labute approximate surface area is 128 Å². The summed E-state index contributed by atoms with van der Waals surface area (Å²) in [5.74, 6) is 1.60. The van der Waals surface area contributed by atoms with Crippen molar-refractivity contribution in [2.75, 3.05) is 31.6 Å². The van der Waals surface area contributed by atoms with Gasteiger partial charge >= 0.3 is 0 Å². The number of carbonyl (C=O) groups excluding carboxylic acids is 1. The van der Waals surface area contributed by atoms with Crippen molar-refractivity contribution in [2.24, 2.45) is 5.92 Å². The number of amides is 1. The standard InChI is InChI=1S/C17H27N3O/c1-14(2)9-13-19(3)16-15(8-7-10-18-16)17(21)20-11-5-4-6-12-20/h7-8,10,14H,4-6,9,11-13H2,1-3H3. The van der Waals surface area contributed by atoms with E-state index in [1.807, 2.05) is 24.1 Å². The second-order valence-corrected chi connectivity index (χ2v) is 6.33. The number of carbonyl (C=O) groups is 1. The summed E-state index contributed by atoms with van der Waals surface area (Å²) in [4.78, 5) is 21.3. The van der Waals surface area contributed by atoms with Gasteiger partial charge in [0.1, 0.15) is 5.82 Å². The van der Waals surface area contributed by atoms with Gasteiger partial charge in [0.05, 0.1) is 5.56 Å². The van der Waals surface area contributed by atoms with E-state index in [0.29, 0.717) is 5.92 Å². The number of piperidine rings is 1. The summed E-state index contributed by atoms with van der Waals surface area (Å²) in [5, 5.41) is 0. The van der Waals surface area contributed by atoms with E-state index >= 15 is 0 Å². The van der Waals surface area contributed by atoms with Crippen molar-refractivity contribution in [1.82, 2.24) is 9.88 Å². The highest BCUT2D eigenvalue weighted by molar-refractivity contribution is 5.98. The van der Waals surface area contributed by atoms with Crippen LogP contribution in [0.15, 0.2) is 18.3 Å². The minimum Gasteiger partial charge on any atom is -0.359 e. The van der Waals surface area contributed by atoms with Gasteiger partial charge in [0.15, 0.2) is 0 Å². The number of hydrogen-bond acceptors (Lipinski definition) is 3. The predicted molar refractivity (Wildman–Crippen MR) is 86.7 cm³/mol. The van der Waals surface area contributed by atoms with Crippen molar-refractivity contribution in [3.63, 3.8) is 0 Å². The lowest BCUT2D eigenvalue weighted by Gasteiger charge is -2.28. The minimum absolute atomic E-state index is 0.134. The highest BCUT2D eigenvalue weighted by Gasteiger charge is 2.22. The first-order chi connectivity index (χ1) is 10.1. The number of likely N-dealkylation sites (tertiary alicyclic amines) is 1. The number of nitrogens with zero attached hydrogens (tertiary/aromatic N) is 3. The number of pyridine rings is 1. The molecule has 0 unspecified atom stereocenters. The lowest BCUT2D eigenvalue weighted by molar-refractivity contribution is 0.0724. The predicted octanol–water partition coefficient (Wildman–Crippen LogP) is 3.19. The highest BCUT2D eigenvalue weighted by Crippen LogP contribution is 2.21. The lowest BCUT2D eigenvalue weighted by Crippen LogP contribution is -2.36. The van der Waals surface area contributed by atoms with Crippen LogP contribution in [0.2, 0.25) is 0 Å². The van der Waals surface area contributed by atoms with Crippen molar-refractivity contribution >= 4 is 11.7 Å². The summed E-state index contributed by atoms with van der Waals surface area (Å²) in [6.45, 7) is 7.11. The second kappa shape index (κ2) is 7.43. The average molecular weight is 289 g/mol. The van der Waals surface area contributed by atoms with Crippen LogP contribution >= 0.6 is 0 Å². The van der Waals surface area contributed by atoms with Crippen molar-refractivity contribution in [3.8, 4) is 0 Å². The maximum atomic E-state index is 12.7. The third-order valence-electron chi connectivity index (χ3n) is 4.06. The van der Waals surface area contributed by atoms with E-state index in [4.69, 9.17) is 0 Å². The summed E-state index contributed by atoms with van der Waals surface area (Å²) in [6.07, 6.45) is 6.34. The first kappa shape index (κ1) is 15.8. The fourth-order valence-corrected chi connectivity index (χ4v) is 2.69. The van der Waals surface area contributed by atoms with Crippen LogP contribution in [-0.4, -0.2) is 42.5 Å². The molecule has 2 rings (SSSR count). The Balaban J connectivity index is 2.13. The monoisotopic (exact) mass is 289 g/mol. The molecule has 4 heteroatoms. The molecule has 1 aromatic rings. The maximum Gasteiger partial charge on any atom is 0.257 e. The smallest absolute Gasteiger partial charge is 0.257 e. The van der Waals surface area contributed by atoms with Crippen molar-refractivity contribution < 1.29 is 4.79 Å². The van der Waals surface area contributed by atoms with Gasteiger partial charge in [0, 0.05) is 32.9 Å². The van der Waals surface area contributed by atoms with Gasteiger partial charge in [0.25, 0.3) is 5.91 Å². The fourth-order valence-electron chi connectivity index (χ4n) is 2.69. The largest absolute Gasteiger partial charge is 0.359 e. The summed E-state index contributed by atoms with van der Waals surface area (Å²) in [5.41, 5.74) is 0.741. The van der Waals surface area contributed by atoms with Gasteiger partial charge in [-0.15, -0.1) is 0 Å². The van der Waals surface area contributed by atoms with Crippen molar-refractivity contribution in [1.29, 1.82) is 0 Å². The molecule has 1 fully saturated rings. The molecule has 1 amide bonds. The average Bonchev–Trinajstić information content (AvgIpc) is 2.52. The van der Waals surface area contributed by atoms with Crippen LogP contribution in [0.3, 0.4) is 0 Å². The van der Waals surface area contributed by atoms with Crippen LogP contribution in [0, 0.1) is 5.92 Å². The maximum absolute atomic E-state index is 12.7. The van der Waals surface area contributed by atoms with Crippen LogP contribution in [0.25, 0.3) is 0 Å². The zero-order chi connectivity index (χ0) is 15.2. The van der Waals surface area contributed by atoms with E-state index in [1.54, 1.807) is 6.20 Å². The van der Waals surface area contributed by atoms with E-state index in [2.05, 4.69) is 23.7 Å². The SMILES string of the molecule is CC(C)CCN(C)c1ncccc1C(=O)N1CCCCC1. The fraction of sp³-hybridized carbons (Fsp3) is 0.647. The highest BCUT2D eigenvalue weighted by atomic mass is 16.2. The molecule has 0 atom stereocenters. The molecule has 0 aromatic carbocycles. The number of aromatic nitrogens is 1. The Hall–Kier alpha value is -1.58. The van der Waals surface area contributed by atoms with Gasteiger partial charge in [-0.3, -0.25) is 4.79 Å². The van der Waals surface area contributed by atoms with Gasteiger partial charge in [-0.05, 0) is 43.7 Å². The van der Waals surface area contributed by atoms with Gasteiger partial charge in [-0.25, -0.2) is 4.98 Å². The molecule has 4 nitrogen and oxygen atoms in total. The molecule has 1 aliphatic heterocycles. The number of anilines is 1. The van der Waals surface area contributed by atoms with Crippen LogP contribution in [0.5, 0.6) is 0 Å². The lowest BCUT2D eigenvalue weighted by atomic mass is 10.1. The summed E-state index contributed by atoms with van der Waals surface area (Å²) < 4.78 is 0.